The van der Waals surface area contributed by atoms with Crippen LogP contribution in [0.3, 0.4) is 0 Å². The molecular weight excluding hydrogens is 433 g/mol. The first kappa shape index (κ1) is 21.1. The quantitative estimate of drug-likeness (QED) is 0.634. The van der Waals surface area contributed by atoms with E-state index in [9.17, 15) is 9.59 Å². The third-order valence-electron chi connectivity index (χ3n) is 7.47. The minimum Gasteiger partial charge on any atom is -0.374 e. The lowest BCUT2D eigenvalue weighted by molar-refractivity contribution is -0.131. The zero-order valence-electron chi connectivity index (χ0n) is 19.3. The molecule has 1 aromatic heterocycles. The molecule has 3 aliphatic rings. The lowest BCUT2D eigenvalue weighted by Gasteiger charge is -2.16. The molecule has 1 amide bonds. The van der Waals surface area contributed by atoms with Gasteiger partial charge in [-0.05, 0) is 72.6 Å². The average Bonchev–Trinajstić information content (AvgIpc) is 3.33. The number of nitrogens with zero attached hydrogens (tertiary/aromatic N) is 4. The Hall–Kier alpha value is -3.42. The highest BCUT2D eigenvalue weighted by atomic mass is 19.1. The molecule has 176 valence electrons. The summed E-state index contributed by atoms with van der Waals surface area (Å²) in [5, 5.41) is 6.68. The predicted molar refractivity (Wildman–Crippen MR) is 128 cm³/mol. The topological polar surface area (TPSA) is 74.2 Å². The molecule has 1 N–H and O–H groups in total. The number of carbonyl (C=O) groups is 1. The number of anilines is 1. The van der Waals surface area contributed by atoms with Gasteiger partial charge in [0.05, 0.1) is 5.69 Å². The van der Waals surface area contributed by atoms with Gasteiger partial charge in [0.2, 0.25) is 5.91 Å². The maximum absolute atomic E-state index is 15.3. The molecule has 0 spiro atoms. The number of nitrogens with one attached hydrogen (secondary N) is 1. The molecule has 1 saturated carbocycles. The number of carbonyl (C=O) groups excluding carboxylic acids is 1. The monoisotopic (exact) mass is 461 g/mol. The van der Waals surface area contributed by atoms with Crippen LogP contribution in [0.4, 0.5) is 10.1 Å². The van der Waals surface area contributed by atoms with Gasteiger partial charge in [-0.2, -0.15) is 5.10 Å². The van der Waals surface area contributed by atoms with Crippen LogP contribution in [-0.2, 0) is 17.6 Å². The van der Waals surface area contributed by atoms with E-state index in [0.29, 0.717) is 18.8 Å². The lowest BCUT2D eigenvalue weighted by Crippen LogP contribution is -2.30. The number of hydrogen-bond acceptors (Lipinski definition) is 4. The summed E-state index contributed by atoms with van der Waals surface area (Å²) in [6.45, 7) is 2.41. The third-order valence-corrected chi connectivity index (χ3v) is 7.47. The maximum Gasteiger partial charge on any atom is 0.348 e. The summed E-state index contributed by atoms with van der Waals surface area (Å²) in [4.78, 5) is 29.1. The number of likely N-dealkylation sites (tertiary alicyclic amines) is 1. The van der Waals surface area contributed by atoms with Gasteiger partial charge >= 0.3 is 5.69 Å². The number of rotatable bonds is 5. The third kappa shape index (κ3) is 3.71. The molecule has 8 heteroatoms. The number of amides is 1. The van der Waals surface area contributed by atoms with Crippen molar-refractivity contribution in [3.63, 3.8) is 0 Å². The largest absolute Gasteiger partial charge is 0.374 e. The lowest BCUT2D eigenvalue weighted by atomic mass is 10.0. The minimum atomic E-state index is -0.461. The number of H-pyrrole nitrogens is 1. The zero-order chi connectivity index (χ0) is 23.4. The van der Waals surface area contributed by atoms with Crippen molar-refractivity contribution in [1.29, 1.82) is 0 Å². The molecule has 2 aliphatic heterocycles. The Morgan fingerprint density at radius 1 is 1.09 bits per heavy atom. The number of aromatic amines is 1. The van der Waals surface area contributed by atoms with Crippen LogP contribution < -0.4 is 10.6 Å². The van der Waals surface area contributed by atoms with Crippen LogP contribution in [0.1, 0.15) is 30.7 Å². The standard InChI is InChI=1S/C26H28FN5O2/c1-30-10-9-20-13-18(4-6-22(20)30)19-5-7-23(21(27)14-19)32-24(28-29-26(32)34)12-16-8-11-31(15-16)25(33)17-2-3-17/h4-7,13-14,16-17H,2-3,8-12,15H2,1H3,(H,29,34)/t16-/m0/s1. The highest BCUT2D eigenvalue weighted by Gasteiger charge is 2.37. The molecule has 3 aromatic rings. The first-order chi connectivity index (χ1) is 16.5. The van der Waals surface area contributed by atoms with Crippen LogP contribution in [0.2, 0.25) is 0 Å². The van der Waals surface area contributed by atoms with E-state index in [4.69, 9.17) is 0 Å². The van der Waals surface area contributed by atoms with E-state index in [2.05, 4.69) is 34.3 Å². The van der Waals surface area contributed by atoms with Gasteiger partial charge in [-0.3, -0.25) is 4.79 Å². The molecule has 7 nitrogen and oxygen atoms in total. The Bertz CT molecular complexity index is 1320. The Balaban J connectivity index is 1.24. The summed E-state index contributed by atoms with van der Waals surface area (Å²) < 4.78 is 16.6. The molecule has 0 unspecified atom stereocenters. The fraction of sp³-hybridized carbons (Fsp3) is 0.423. The molecule has 2 fully saturated rings. The highest BCUT2D eigenvalue weighted by Crippen LogP contribution is 2.34. The van der Waals surface area contributed by atoms with Gasteiger partial charge in [-0.25, -0.2) is 18.9 Å². The number of likely N-dealkylation sites (N-methyl/N-ethyl adjacent to an activating group) is 1. The molecule has 1 atom stereocenters. The van der Waals surface area contributed by atoms with Gasteiger partial charge in [0, 0.05) is 44.7 Å². The second kappa shape index (κ2) is 8.11. The molecule has 3 heterocycles. The van der Waals surface area contributed by atoms with Crippen molar-refractivity contribution in [2.75, 3.05) is 31.6 Å². The van der Waals surface area contributed by atoms with Gasteiger partial charge in [-0.1, -0.05) is 12.1 Å². The fourth-order valence-electron chi connectivity index (χ4n) is 5.38. The summed E-state index contributed by atoms with van der Waals surface area (Å²) in [5.41, 5.74) is 3.98. The summed E-state index contributed by atoms with van der Waals surface area (Å²) >= 11 is 0. The van der Waals surface area contributed by atoms with E-state index < -0.39 is 11.5 Å². The SMILES string of the molecule is CN1CCc2cc(-c3ccc(-n4c(C[C@@H]5CCN(C(=O)C6CC6)C5)n[nH]c4=O)c(F)c3)ccc21. The Morgan fingerprint density at radius 3 is 2.62 bits per heavy atom. The molecule has 6 rings (SSSR count). The van der Waals surface area contributed by atoms with Crippen molar-refractivity contribution in [1.82, 2.24) is 19.7 Å². The Labute approximate surface area is 197 Å². The first-order valence-electron chi connectivity index (χ1n) is 12.1. The number of hydrogen-bond donors (Lipinski definition) is 1. The summed E-state index contributed by atoms with van der Waals surface area (Å²) in [7, 11) is 2.08. The molecule has 34 heavy (non-hydrogen) atoms. The Kier molecular flexibility index (Phi) is 5.04. The van der Waals surface area contributed by atoms with Crippen LogP contribution in [0.15, 0.2) is 41.2 Å². The van der Waals surface area contributed by atoms with Crippen molar-refractivity contribution in [3.05, 3.63) is 64.1 Å². The van der Waals surface area contributed by atoms with Gasteiger partial charge in [0.1, 0.15) is 11.6 Å². The van der Waals surface area contributed by atoms with Crippen LogP contribution in [-0.4, -0.2) is 52.3 Å². The van der Waals surface area contributed by atoms with Gasteiger partial charge in [0.25, 0.3) is 0 Å². The summed E-state index contributed by atoms with van der Waals surface area (Å²) in [6.07, 6.45) is 4.37. The van der Waals surface area contributed by atoms with Gasteiger partial charge < -0.3 is 9.80 Å². The van der Waals surface area contributed by atoms with Crippen molar-refractivity contribution >= 4 is 11.6 Å². The fourth-order valence-corrected chi connectivity index (χ4v) is 5.38. The van der Waals surface area contributed by atoms with Crippen molar-refractivity contribution in [2.24, 2.45) is 11.8 Å². The first-order valence-corrected chi connectivity index (χ1v) is 12.1. The van der Waals surface area contributed by atoms with E-state index in [0.717, 1.165) is 49.9 Å². The molecule has 2 aromatic carbocycles. The van der Waals surface area contributed by atoms with Crippen molar-refractivity contribution in [2.45, 2.75) is 32.1 Å². The van der Waals surface area contributed by atoms with E-state index in [1.54, 1.807) is 6.07 Å². The van der Waals surface area contributed by atoms with Crippen LogP contribution in [0.25, 0.3) is 16.8 Å². The van der Waals surface area contributed by atoms with E-state index >= 15 is 4.39 Å². The number of fused-ring (bicyclic) bond motifs is 1. The number of halogens is 1. The molecule has 1 saturated heterocycles. The van der Waals surface area contributed by atoms with E-state index in [1.165, 1.54) is 21.9 Å². The smallest absolute Gasteiger partial charge is 0.348 e. The summed E-state index contributed by atoms with van der Waals surface area (Å²) in [5.74, 6) is 0.714. The normalized spacial score (nSPS) is 19.6. The molecule has 1 aliphatic carbocycles. The predicted octanol–water partition coefficient (Wildman–Crippen LogP) is 3.16. The average molecular weight is 462 g/mol. The number of benzene rings is 2. The molecule has 0 bridgehead atoms. The minimum absolute atomic E-state index is 0.197. The number of aromatic nitrogens is 3. The van der Waals surface area contributed by atoms with Crippen molar-refractivity contribution < 1.29 is 9.18 Å². The zero-order valence-corrected chi connectivity index (χ0v) is 19.3. The van der Waals surface area contributed by atoms with Gasteiger partial charge in [-0.15, -0.1) is 0 Å². The summed E-state index contributed by atoms with van der Waals surface area (Å²) in [6, 6.07) is 11.2. The second-order valence-electron chi connectivity index (χ2n) is 9.88. The highest BCUT2D eigenvalue weighted by molar-refractivity contribution is 5.81. The maximum atomic E-state index is 15.3. The molecule has 0 radical (unpaired) electrons. The van der Waals surface area contributed by atoms with E-state index in [-0.39, 0.29) is 23.4 Å². The van der Waals surface area contributed by atoms with Crippen molar-refractivity contribution in [3.8, 4) is 16.8 Å². The van der Waals surface area contributed by atoms with Crippen LogP contribution in [0.5, 0.6) is 0 Å². The second-order valence-corrected chi connectivity index (χ2v) is 9.88. The van der Waals surface area contributed by atoms with E-state index in [1.807, 2.05) is 17.0 Å². The Morgan fingerprint density at radius 2 is 1.85 bits per heavy atom. The van der Waals surface area contributed by atoms with Gasteiger partial charge in [0.15, 0.2) is 0 Å². The van der Waals surface area contributed by atoms with Crippen LogP contribution >= 0.6 is 0 Å². The van der Waals surface area contributed by atoms with Crippen LogP contribution in [0, 0.1) is 17.7 Å². The molecular formula is C26H28FN5O2.